The van der Waals surface area contributed by atoms with Crippen molar-refractivity contribution in [3.8, 4) is 0 Å². The first kappa shape index (κ1) is 14.4. The lowest BCUT2D eigenvalue weighted by molar-refractivity contribution is 0.282. The van der Waals surface area contributed by atoms with Crippen LogP contribution in [0, 0.1) is 0 Å². The maximum atomic E-state index is 8.51. The Hall–Kier alpha value is -0.0800. The molecule has 0 heterocycles. The molecular formula is C10H24O2. The molecule has 0 bridgehead atoms. The van der Waals surface area contributed by atoms with Gasteiger partial charge in [0.1, 0.15) is 0 Å². The summed E-state index contributed by atoms with van der Waals surface area (Å²) >= 11 is 0. The van der Waals surface area contributed by atoms with Crippen molar-refractivity contribution in [2.45, 2.75) is 58.3 Å². The van der Waals surface area contributed by atoms with Gasteiger partial charge in [-0.2, -0.15) is 0 Å². The minimum atomic E-state index is 0. The van der Waals surface area contributed by atoms with Crippen molar-refractivity contribution in [1.82, 2.24) is 0 Å². The van der Waals surface area contributed by atoms with Gasteiger partial charge in [-0.05, 0) is 6.42 Å². The fraction of sp³-hybridized carbons (Fsp3) is 1.00. The van der Waals surface area contributed by atoms with Gasteiger partial charge in [-0.1, -0.05) is 51.9 Å². The van der Waals surface area contributed by atoms with Crippen molar-refractivity contribution in [3.05, 3.63) is 0 Å². The SMILES string of the molecule is CCCCCCCCCCO.O. The highest BCUT2D eigenvalue weighted by Gasteiger charge is 1.89. The summed E-state index contributed by atoms with van der Waals surface area (Å²) in [4.78, 5) is 0. The molecule has 0 spiro atoms. The quantitative estimate of drug-likeness (QED) is 0.567. The van der Waals surface area contributed by atoms with Gasteiger partial charge in [-0.15, -0.1) is 0 Å². The van der Waals surface area contributed by atoms with Crippen molar-refractivity contribution in [2.75, 3.05) is 6.61 Å². The number of aliphatic hydroxyl groups excluding tert-OH is 1. The van der Waals surface area contributed by atoms with Crippen LogP contribution < -0.4 is 0 Å². The molecule has 0 aliphatic rings. The molecule has 0 aliphatic heterocycles. The van der Waals surface area contributed by atoms with E-state index >= 15 is 0 Å². The minimum absolute atomic E-state index is 0. The zero-order valence-electron chi connectivity index (χ0n) is 8.31. The Balaban J connectivity index is 0. The van der Waals surface area contributed by atoms with Crippen LogP contribution in [0.25, 0.3) is 0 Å². The van der Waals surface area contributed by atoms with E-state index in [9.17, 15) is 0 Å². The van der Waals surface area contributed by atoms with Gasteiger partial charge in [0.15, 0.2) is 0 Å². The van der Waals surface area contributed by atoms with Crippen LogP contribution in [0.1, 0.15) is 58.3 Å². The van der Waals surface area contributed by atoms with E-state index in [1.165, 1.54) is 44.9 Å². The minimum Gasteiger partial charge on any atom is -0.412 e. The molecule has 0 aromatic carbocycles. The molecule has 0 fully saturated rings. The van der Waals surface area contributed by atoms with E-state index in [-0.39, 0.29) is 5.48 Å². The Morgan fingerprint density at radius 1 is 0.750 bits per heavy atom. The van der Waals surface area contributed by atoms with Crippen LogP contribution in [0.3, 0.4) is 0 Å². The van der Waals surface area contributed by atoms with E-state index in [1.807, 2.05) is 0 Å². The van der Waals surface area contributed by atoms with Crippen LogP contribution in [0.2, 0.25) is 0 Å². The van der Waals surface area contributed by atoms with Crippen LogP contribution >= 0.6 is 0 Å². The third-order valence-corrected chi connectivity index (χ3v) is 2.01. The zero-order chi connectivity index (χ0) is 8.36. The number of unbranched alkanes of at least 4 members (excludes halogenated alkanes) is 7. The topological polar surface area (TPSA) is 51.7 Å². The molecule has 2 nitrogen and oxygen atoms in total. The van der Waals surface area contributed by atoms with E-state index in [4.69, 9.17) is 5.11 Å². The monoisotopic (exact) mass is 176 g/mol. The van der Waals surface area contributed by atoms with E-state index in [0.29, 0.717) is 6.61 Å². The molecule has 0 saturated heterocycles. The molecule has 0 rings (SSSR count). The van der Waals surface area contributed by atoms with Crippen molar-refractivity contribution in [3.63, 3.8) is 0 Å². The molecule has 2 heteroatoms. The standard InChI is InChI=1S/C10H22O.H2O/c1-2-3-4-5-6-7-8-9-10-11;/h11H,2-10H2,1H3;1H2. The van der Waals surface area contributed by atoms with Crippen LogP contribution in [-0.4, -0.2) is 17.2 Å². The first-order chi connectivity index (χ1) is 5.41. The highest BCUT2D eigenvalue weighted by molar-refractivity contribution is 4.44. The van der Waals surface area contributed by atoms with Gasteiger partial charge in [0.05, 0.1) is 0 Å². The highest BCUT2D eigenvalue weighted by atomic mass is 16.2. The smallest absolute Gasteiger partial charge is 0.0431 e. The fourth-order valence-electron chi connectivity index (χ4n) is 1.25. The molecule has 0 aromatic heterocycles. The lowest BCUT2D eigenvalue weighted by Gasteiger charge is -1.98. The summed E-state index contributed by atoms with van der Waals surface area (Å²) < 4.78 is 0. The molecule has 0 aliphatic carbocycles. The third-order valence-electron chi connectivity index (χ3n) is 2.01. The van der Waals surface area contributed by atoms with Crippen molar-refractivity contribution in [2.24, 2.45) is 0 Å². The average Bonchev–Trinajstić information content (AvgIpc) is 2.03. The van der Waals surface area contributed by atoms with E-state index < -0.39 is 0 Å². The Morgan fingerprint density at radius 3 is 1.58 bits per heavy atom. The van der Waals surface area contributed by atoms with E-state index in [0.717, 1.165) is 6.42 Å². The molecule has 0 unspecified atom stereocenters. The van der Waals surface area contributed by atoms with Crippen molar-refractivity contribution in [1.29, 1.82) is 0 Å². The second-order valence-electron chi connectivity index (χ2n) is 3.20. The second-order valence-corrected chi connectivity index (χ2v) is 3.20. The van der Waals surface area contributed by atoms with Crippen molar-refractivity contribution < 1.29 is 10.6 Å². The zero-order valence-corrected chi connectivity index (χ0v) is 8.31. The summed E-state index contributed by atoms with van der Waals surface area (Å²) in [5, 5.41) is 8.51. The Bertz CT molecular complexity index is 56.9. The first-order valence-corrected chi connectivity index (χ1v) is 5.02. The van der Waals surface area contributed by atoms with Crippen LogP contribution in [-0.2, 0) is 0 Å². The van der Waals surface area contributed by atoms with Gasteiger partial charge in [0.2, 0.25) is 0 Å². The second kappa shape index (κ2) is 13.5. The predicted molar refractivity (Wildman–Crippen MR) is 53.3 cm³/mol. The molecule has 0 saturated carbocycles. The molecule has 0 radical (unpaired) electrons. The Kier molecular flexibility index (Phi) is 16.3. The van der Waals surface area contributed by atoms with Gasteiger partial charge in [-0.25, -0.2) is 0 Å². The average molecular weight is 176 g/mol. The summed E-state index contributed by atoms with van der Waals surface area (Å²) in [6, 6.07) is 0. The molecule has 3 N–H and O–H groups in total. The van der Waals surface area contributed by atoms with Gasteiger partial charge in [-0.3, -0.25) is 0 Å². The van der Waals surface area contributed by atoms with Gasteiger partial charge in [0.25, 0.3) is 0 Å². The summed E-state index contributed by atoms with van der Waals surface area (Å²) in [6.07, 6.45) is 10.4. The molecule has 0 amide bonds. The third kappa shape index (κ3) is 12.6. The van der Waals surface area contributed by atoms with Crippen LogP contribution in [0.5, 0.6) is 0 Å². The molecule has 0 atom stereocenters. The van der Waals surface area contributed by atoms with Gasteiger partial charge in [0, 0.05) is 6.61 Å². The van der Waals surface area contributed by atoms with E-state index in [2.05, 4.69) is 6.92 Å². The number of aliphatic hydroxyl groups is 1. The predicted octanol–water partition coefficient (Wildman–Crippen LogP) is 2.29. The van der Waals surface area contributed by atoms with Gasteiger partial charge < -0.3 is 10.6 Å². The lowest BCUT2D eigenvalue weighted by Crippen LogP contribution is -1.83. The Labute approximate surface area is 76.3 Å². The van der Waals surface area contributed by atoms with Crippen molar-refractivity contribution >= 4 is 0 Å². The number of hydrogen-bond acceptors (Lipinski definition) is 1. The number of rotatable bonds is 8. The molecule has 12 heavy (non-hydrogen) atoms. The summed E-state index contributed by atoms with van der Waals surface area (Å²) in [5.41, 5.74) is 0. The van der Waals surface area contributed by atoms with Crippen LogP contribution in [0.4, 0.5) is 0 Å². The van der Waals surface area contributed by atoms with Crippen LogP contribution in [0.15, 0.2) is 0 Å². The molecule has 0 aromatic rings. The highest BCUT2D eigenvalue weighted by Crippen LogP contribution is 2.07. The van der Waals surface area contributed by atoms with E-state index in [1.54, 1.807) is 0 Å². The lowest BCUT2D eigenvalue weighted by atomic mass is 10.1. The molecule has 76 valence electrons. The largest absolute Gasteiger partial charge is 0.412 e. The first-order valence-electron chi connectivity index (χ1n) is 5.02. The Morgan fingerprint density at radius 2 is 1.17 bits per heavy atom. The summed E-state index contributed by atoms with van der Waals surface area (Å²) in [5.74, 6) is 0. The molecular weight excluding hydrogens is 152 g/mol. The van der Waals surface area contributed by atoms with Gasteiger partial charge >= 0.3 is 0 Å². The summed E-state index contributed by atoms with van der Waals surface area (Å²) in [7, 11) is 0. The number of hydrogen-bond donors (Lipinski definition) is 1. The fourth-order valence-corrected chi connectivity index (χ4v) is 1.25. The maximum absolute atomic E-state index is 8.51. The maximum Gasteiger partial charge on any atom is 0.0431 e. The summed E-state index contributed by atoms with van der Waals surface area (Å²) in [6.45, 7) is 2.61. The normalized spacial score (nSPS) is 9.50.